The van der Waals surface area contributed by atoms with Gasteiger partial charge in [-0.1, -0.05) is 0 Å². The molecule has 2 aromatic rings. The van der Waals surface area contributed by atoms with Crippen molar-refractivity contribution in [2.75, 3.05) is 37.2 Å². The molecule has 5 nitrogen and oxygen atoms in total. The predicted octanol–water partition coefficient (Wildman–Crippen LogP) is 1.09. The first kappa shape index (κ1) is 9.64. The molecule has 0 aliphatic carbocycles. The minimum absolute atomic E-state index is 0.910. The van der Waals surface area contributed by atoms with Crippen LogP contribution in [-0.4, -0.2) is 30.8 Å². The molecule has 0 saturated heterocycles. The molecule has 1 aromatic carbocycles. The van der Waals surface area contributed by atoms with Gasteiger partial charge in [-0.25, -0.2) is 9.66 Å². The molecule has 1 aromatic heterocycles. The third-order valence-electron chi connectivity index (χ3n) is 2.39. The van der Waals surface area contributed by atoms with Crippen LogP contribution in [0.4, 0.5) is 11.4 Å². The van der Waals surface area contributed by atoms with E-state index in [1.807, 2.05) is 33.3 Å². The van der Waals surface area contributed by atoms with Gasteiger partial charge in [-0.15, -0.1) is 0 Å². The van der Waals surface area contributed by atoms with Crippen LogP contribution in [0, 0.1) is 6.33 Å². The molecule has 3 N–H and O–H groups in total. The summed E-state index contributed by atoms with van der Waals surface area (Å²) in [6.45, 7) is 0. The van der Waals surface area contributed by atoms with Gasteiger partial charge < -0.3 is 16.1 Å². The zero-order valence-corrected chi connectivity index (χ0v) is 9.05. The van der Waals surface area contributed by atoms with Crippen molar-refractivity contribution in [2.45, 2.75) is 0 Å². The molecule has 5 heteroatoms. The maximum Gasteiger partial charge on any atom is 0.198 e. The fourth-order valence-electron chi connectivity index (χ4n) is 1.59. The summed E-state index contributed by atoms with van der Waals surface area (Å²) in [6, 6.07) is 4.02. The van der Waals surface area contributed by atoms with Crippen LogP contribution in [0.1, 0.15) is 0 Å². The Kier molecular flexibility index (Phi) is 2.37. The van der Waals surface area contributed by atoms with E-state index >= 15 is 0 Å². The van der Waals surface area contributed by atoms with Gasteiger partial charge in [-0.2, -0.15) is 0 Å². The number of imidazole rings is 1. The lowest BCUT2D eigenvalue weighted by Gasteiger charge is -2.09. The van der Waals surface area contributed by atoms with Crippen molar-refractivity contribution in [3.63, 3.8) is 0 Å². The Morgan fingerprint density at radius 2 is 1.80 bits per heavy atom. The summed E-state index contributed by atoms with van der Waals surface area (Å²) in [4.78, 5) is 4.18. The number of aromatic nitrogens is 2. The number of rotatable bonds is 3. The Bertz CT molecular complexity index is 474. The van der Waals surface area contributed by atoms with Crippen molar-refractivity contribution in [3.05, 3.63) is 18.5 Å². The standard InChI is InChI=1S/C10H14N5/c1-11-7-4-9-10(5-8(7)12-2)15(13-3)6-14-9/h4-5,11-13H,1-3H3. The number of hydrogen-bond donors (Lipinski definition) is 3. The molecule has 0 bridgehead atoms. The summed E-state index contributed by atoms with van der Waals surface area (Å²) >= 11 is 0. The third-order valence-corrected chi connectivity index (χ3v) is 2.39. The maximum absolute atomic E-state index is 4.18. The summed E-state index contributed by atoms with van der Waals surface area (Å²) in [7, 11) is 5.62. The molecule has 0 atom stereocenters. The molecule has 1 radical (unpaired) electrons. The van der Waals surface area contributed by atoms with Crippen LogP contribution in [-0.2, 0) is 0 Å². The minimum Gasteiger partial charge on any atom is -0.386 e. The van der Waals surface area contributed by atoms with Crippen molar-refractivity contribution in [1.82, 2.24) is 9.66 Å². The van der Waals surface area contributed by atoms with Crippen molar-refractivity contribution in [3.8, 4) is 0 Å². The lowest BCUT2D eigenvalue weighted by molar-refractivity contribution is 0.945. The first-order valence-corrected chi connectivity index (χ1v) is 4.77. The van der Waals surface area contributed by atoms with E-state index in [0.717, 1.165) is 22.4 Å². The molecule has 0 amide bonds. The Morgan fingerprint density at radius 3 is 2.40 bits per heavy atom. The Hall–Kier alpha value is -1.91. The zero-order chi connectivity index (χ0) is 10.8. The predicted molar refractivity (Wildman–Crippen MR) is 62.9 cm³/mol. The van der Waals surface area contributed by atoms with Crippen LogP contribution in [0.3, 0.4) is 0 Å². The van der Waals surface area contributed by atoms with Gasteiger partial charge >= 0.3 is 0 Å². The van der Waals surface area contributed by atoms with E-state index in [-0.39, 0.29) is 0 Å². The Labute approximate surface area is 88.5 Å². The molecular formula is C10H14N5. The quantitative estimate of drug-likeness (QED) is 0.700. The maximum atomic E-state index is 4.18. The molecule has 0 spiro atoms. The summed E-state index contributed by atoms with van der Waals surface area (Å²) in [5.74, 6) is 0. The Balaban J connectivity index is 2.66. The number of nitrogens with one attached hydrogen (secondary N) is 3. The first-order chi connectivity index (χ1) is 7.30. The highest BCUT2D eigenvalue weighted by Gasteiger charge is 2.07. The van der Waals surface area contributed by atoms with Gasteiger partial charge in [-0.05, 0) is 12.1 Å². The highest BCUT2D eigenvalue weighted by Crippen LogP contribution is 2.26. The molecule has 1 heterocycles. The highest BCUT2D eigenvalue weighted by molar-refractivity contribution is 5.87. The largest absolute Gasteiger partial charge is 0.386 e. The summed E-state index contributed by atoms with van der Waals surface area (Å²) < 4.78 is 1.76. The van der Waals surface area contributed by atoms with Crippen LogP contribution in [0.5, 0.6) is 0 Å². The van der Waals surface area contributed by atoms with E-state index in [2.05, 4.69) is 27.4 Å². The normalized spacial score (nSPS) is 10.3. The fraction of sp³-hybridized carbons (Fsp3) is 0.300. The second-order valence-corrected chi connectivity index (χ2v) is 3.16. The van der Waals surface area contributed by atoms with E-state index in [0.29, 0.717) is 0 Å². The molecule has 0 aliphatic rings. The van der Waals surface area contributed by atoms with Crippen LogP contribution >= 0.6 is 0 Å². The van der Waals surface area contributed by atoms with Crippen molar-refractivity contribution < 1.29 is 0 Å². The SMILES string of the molecule is CNc1cc2n[c]n(NC)c2cc1NC. The number of anilines is 2. The number of benzene rings is 1. The lowest BCUT2D eigenvalue weighted by Crippen LogP contribution is -2.07. The van der Waals surface area contributed by atoms with Crippen molar-refractivity contribution in [2.24, 2.45) is 0 Å². The number of fused-ring (bicyclic) bond motifs is 1. The third kappa shape index (κ3) is 1.45. The second kappa shape index (κ2) is 3.68. The number of nitrogens with zero attached hydrogens (tertiary/aromatic N) is 2. The van der Waals surface area contributed by atoms with Crippen LogP contribution in [0.25, 0.3) is 11.0 Å². The van der Waals surface area contributed by atoms with E-state index in [9.17, 15) is 0 Å². The summed E-state index contributed by atoms with van der Waals surface area (Å²) in [5.41, 5.74) is 6.96. The van der Waals surface area contributed by atoms with E-state index in [4.69, 9.17) is 0 Å². The lowest BCUT2D eigenvalue weighted by atomic mass is 10.2. The van der Waals surface area contributed by atoms with E-state index in [1.54, 1.807) is 4.68 Å². The molecular weight excluding hydrogens is 190 g/mol. The van der Waals surface area contributed by atoms with Crippen LogP contribution in [0.15, 0.2) is 12.1 Å². The van der Waals surface area contributed by atoms with Gasteiger partial charge in [0.2, 0.25) is 0 Å². The second-order valence-electron chi connectivity index (χ2n) is 3.16. The average Bonchev–Trinajstić information content (AvgIpc) is 2.68. The van der Waals surface area contributed by atoms with Gasteiger partial charge in [0, 0.05) is 21.1 Å². The van der Waals surface area contributed by atoms with Crippen molar-refractivity contribution >= 4 is 22.4 Å². The Morgan fingerprint density at radius 1 is 1.13 bits per heavy atom. The molecule has 2 rings (SSSR count). The number of hydrogen-bond acceptors (Lipinski definition) is 4. The molecule has 0 aliphatic heterocycles. The van der Waals surface area contributed by atoms with E-state index < -0.39 is 0 Å². The van der Waals surface area contributed by atoms with E-state index in [1.165, 1.54) is 0 Å². The van der Waals surface area contributed by atoms with Gasteiger partial charge in [0.15, 0.2) is 6.33 Å². The van der Waals surface area contributed by atoms with Crippen LogP contribution in [0.2, 0.25) is 0 Å². The van der Waals surface area contributed by atoms with Gasteiger partial charge in [0.05, 0.1) is 22.4 Å². The smallest absolute Gasteiger partial charge is 0.198 e. The topological polar surface area (TPSA) is 53.9 Å². The van der Waals surface area contributed by atoms with Gasteiger partial charge in [-0.3, -0.25) is 0 Å². The summed E-state index contributed by atoms with van der Waals surface area (Å²) in [6.07, 6.45) is 2.87. The highest BCUT2D eigenvalue weighted by atomic mass is 15.4. The van der Waals surface area contributed by atoms with Crippen LogP contribution < -0.4 is 16.1 Å². The molecule has 15 heavy (non-hydrogen) atoms. The van der Waals surface area contributed by atoms with Crippen molar-refractivity contribution in [1.29, 1.82) is 0 Å². The monoisotopic (exact) mass is 204 g/mol. The molecule has 0 unspecified atom stereocenters. The van der Waals surface area contributed by atoms with Gasteiger partial charge in [0.25, 0.3) is 0 Å². The molecule has 0 saturated carbocycles. The first-order valence-electron chi connectivity index (χ1n) is 4.77. The molecule has 79 valence electrons. The average molecular weight is 204 g/mol. The van der Waals surface area contributed by atoms with Gasteiger partial charge in [0.1, 0.15) is 0 Å². The zero-order valence-electron chi connectivity index (χ0n) is 9.05. The fourth-order valence-corrected chi connectivity index (χ4v) is 1.59. The summed E-state index contributed by atoms with van der Waals surface area (Å²) in [5, 5.41) is 6.25. The minimum atomic E-state index is 0.910. The molecule has 0 fully saturated rings.